The van der Waals surface area contributed by atoms with Gasteiger partial charge in [-0.05, 0) is 0 Å². The Morgan fingerprint density at radius 1 is 1.25 bits per heavy atom. The zero-order valence-corrected chi connectivity index (χ0v) is 9.89. The predicted molar refractivity (Wildman–Crippen MR) is 62.4 cm³/mol. The average molecular weight is 238 g/mol. The minimum absolute atomic E-state index is 0.402. The molecular weight excluding hydrogens is 226 g/mol. The lowest BCUT2D eigenvalue weighted by molar-refractivity contribution is 0.754. The van der Waals surface area contributed by atoms with Crippen LogP contribution in [0.25, 0.3) is 0 Å². The van der Waals surface area contributed by atoms with Crippen molar-refractivity contribution in [2.75, 3.05) is 11.9 Å². The Hall–Kier alpha value is -1.62. The van der Waals surface area contributed by atoms with E-state index in [1.54, 1.807) is 18.6 Å². The summed E-state index contributed by atoms with van der Waals surface area (Å²) in [7, 11) is 3.86. The van der Waals surface area contributed by atoms with Crippen molar-refractivity contribution in [3.63, 3.8) is 0 Å². The predicted octanol–water partition coefficient (Wildman–Crippen LogP) is 1.50. The number of anilines is 1. The highest BCUT2D eigenvalue weighted by Crippen LogP contribution is 2.19. The first-order valence-electron chi connectivity index (χ1n) is 4.82. The van der Waals surface area contributed by atoms with E-state index in [1.807, 2.05) is 29.8 Å². The third kappa shape index (κ3) is 2.14. The summed E-state index contributed by atoms with van der Waals surface area (Å²) in [4.78, 5) is 14.3. The van der Waals surface area contributed by atoms with Crippen LogP contribution in [-0.2, 0) is 13.6 Å². The molecule has 2 aromatic heterocycles. The Balaban J connectivity index is 2.18. The molecule has 0 aliphatic rings. The molecule has 0 aliphatic heterocycles. The lowest BCUT2D eigenvalue weighted by atomic mass is 10.5. The van der Waals surface area contributed by atoms with Crippen molar-refractivity contribution < 1.29 is 0 Å². The molecule has 0 saturated heterocycles. The van der Waals surface area contributed by atoms with E-state index >= 15 is 0 Å². The molecular formula is C10H12ClN5. The molecule has 2 aromatic rings. The van der Waals surface area contributed by atoms with Crippen molar-refractivity contribution in [3.05, 3.63) is 35.8 Å². The van der Waals surface area contributed by atoms with Gasteiger partial charge in [0.05, 0.1) is 6.54 Å². The molecule has 16 heavy (non-hydrogen) atoms. The smallest absolute Gasteiger partial charge is 0.171 e. The second kappa shape index (κ2) is 4.49. The Morgan fingerprint density at radius 3 is 2.62 bits per heavy atom. The number of nitrogens with zero attached hydrogens (tertiary/aromatic N) is 5. The SMILES string of the molecule is CN(Cc1nccn1C)c1nccnc1Cl. The molecule has 2 rings (SSSR count). The highest BCUT2D eigenvalue weighted by atomic mass is 35.5. The van der Waals surface area contributed by atoms with E-state index < -0.39 is 0 Å². The second-order valence-corrected chi connectivity index (χ2v) is 3.84. The summed E-state index contributed by atoms with van der Waals surface area (Å²) in [5.41, 5.74) is 0. The fraction of sp³-hybridized carbons (Fsp3) is 0.300. The lowest BCUT2D eigenvalue weighted by Crippen LogP contribution is -2.20. The van der Waals surface area contributed by atoms with Gasteiger partial charge in [0.2, 0.25) is 0 Å². The Labute approximate surface area is 98.7 Å². The maximum atomic E-state index is 5.96. The molecule has 0 amide bonds. The van der Waals surface area contributed by atoms with Gasteiger partial charge in [0, 0.05) is 38.9 Å². The van der Waals surface area contributed by atoms with Crippen LogP contribution in [0.3, 0.4) is 0 Å². The number of aromatic nitrogens is 4. The molecule has 0 aromatic carbocycles. The molecule has 0 fully saturated rings. The Kier molecular flexibility index (Phi) is 3.05. The maximum absolute atomic E-state index is 5.96. The molecule has 84 valence electrons. The zero-order valence-electron chi connectivity index (χ0n) is 9.13. The number of hydrogen-bond donors (Lipinski definition) is 0. The summed E-state index contributed by atoms with van der Waals surface area (Å²) < 4.78 is 1.96. The fourth-order valence-corrected chi connectivity index (χ4v) is 1.66. The minimum Gasteiger partial charge on any atom is -0.350 e. The maximum Gasteiger partial charge on any atom is 0.171 e. The van der Waals surface area contributed by atoms with Crippen LogP contribution < -0.4 is 4.90 Å². The third-order valence-corrected chi connectivity index (χ3v) is 2.56. The number of hydrogen-bond acceptors (Lipinski definition) is 4. The van der Waals surface area contributed by atoms with Crippen molar-refractivity contribution in [2.24, 2.45) is 7.05 Å². The molecule has 0 aliphatic carbocycles. The van der Waals surface area contributed by atoms with Crippen LogP contribution in [-0.4, -0.2) is 26.6 Å². The quantitative estimate of drug-likeness (QED) is 0.812. The lowest BCUT2D eigenvalue weighted by Gasteiger charge is -2.17. The molecule has 0 N–H and O–H groups in total. The number of imidazole rings is 1. The second-order valence-electron chi connectivity index (χ2n) is 3.48. The monoisotopic (exact) mass is 237 g/mol. The van der Waals surface area contributed by atoms with Gasteiger partial charge in [-0.25, -0.2) is 15.0 Å². The zero-order chi connectivity index (χ0) is 11.5. The van der Waals surface area contributed by atoms with Crippen molar-refractivity contribution in [1.82, 2.24) is 19.5 Å². The highest BCUT2D eigenvalue weighted by molar-refractivity contribution is 6.31. The van der Waals surface area contributed by atoms with E-state index in [0.29, 0.717) is 17.5 Å². The van der Waals surface area contributed by atoms with Gasteiger partial charge >= 0.3 is 0 Å². The van der Waals surface area contributed by atoms with Gasteiger partial charge in [-0.3, -0.25) is 0 Å². The highest BCUT2D eigenvalue weighted by Gasteiger charge is 2.10. The number of aryl methyl sites for hydroxylation is 1. The molecule has 0 unspecified atom stereocenters. The van der Waals surface area contributed by atoms with Gasteiger partial charge in [-0.2, -0.15) is 0 Å². The van der Waals surface area contributed by atoms with Gasteiger partial charge < -0.3 is 9.47 Å². The van der Waals surface area contributed by atoms with Gasteiger partial charge in [-0.1, -0.05) is 11.6 Å². The molecule has 5 nitrogen and oxygen atoms in total. The molecule has 0 bridgehead atoms. The molecule has 6 heteroatoms. The topological polar surface area (TPSA) is 46.8 Å². The van der Waals surface area contributed by atoms with Gasteiger partial charge in [0.15, 0.2) is 11.0 Å². The van der Waals surface area contributed by atoms with E-state index in [0.717, 1.165) is 5.82 Å². The molecule has 0 spiro atoms. The van der Waals surface area contributed by atoms with Gasteiger partial charge in [0.25, 0.3) is 0 Å². The third-order valence-electron chi connectivity index (χ3n) is 2.30. The van der Waals surface area contributed by atoms with Crippen LogP contribution in [0, 0.1) is 0 Å². The Bertz CT molecular complexity index is 482. The van der Waals surface area contributed by atoms with Gasteiger partial charge in [-0.15, -0.1) is 0 Å². The van der Waals surface area contributed by atoms with Crippen LogP contribution in [0.4, 0.5) is 5.82 Å². The van der Waals surface area contributed by atoms with E-state index in [-0.39, 0.29) is 0 Å². The van der Waals surface area contributed by atoms with E-state index in [1.165, 1.54) is 0 Å². The van der Waals surface area contributed by atoms with E-state index in [2.05, 4.69) is 15.0 Å². The first kappa shape index (κ1) is 10.9. The number of halogens is 1. The molecule has 2 heterocycles. The van der Waals surface area contributed by atoms with Crippen LogP contribution in [0.2, 0.25) is 5.15 Å². The van der Waals surface area contributed by atoms with Gasteiger partial charge in [0.1, 0.15) is 5.82 Å². The Morgan fingerprint density at radius 2 is 2.00 bits per heavy atom. The minimum atomic E-state index is 0.402. The van der Waals surface area contributed by atoms with Crippen molar-refractivity contribution in [3.8, 4) is 0 Å². The van der Waals surface area contributed by atoms with Crippen molar-refractivity contribution in [1.29, 1.82) is 0 Å². The van der Waals surface area contributed by atoms with E-state index in [4.69, 9.17) is 11.6 Å². The molecule has 0 atom stereocenters. The van der Waals surface area contributed by atoms with Crippen molar-refractivity contribution in [2.45, 2.75) is 6.54 Å². The fourth-order valence-electron chi connectivity index (χ4n) is 1.41. The summed E-state index contributed by atoms with van der Waals surface area (Å²) in [6.45, 7) is 0.641. The summed E-state index contributed by atoms with van der Waals surface area (Å²) >= 11 is 5.96. The van der Waals surface area contributed by atoms with Crippen LogP contribution in [0.5, 0.6) is 0 Å². The first-order chi connectivity index (χ1) is 7.68. The normalized spacial score (nSPS) is 10.4. The number of rotatable bonds is 3. The standard InChI is InChI=1S/C10H12ClN5/c1-15-6-5-12-8(15)7-16(2)10-9(11)13-3-4-14-10/h3-6H,7H2,1-2H3. The summed E-state index contributed by atoms with van der Waals surface area (Å²) in [6, 6.07) is 0. The largest absolute Gasteiger partial charge is 0.350 e. The molecule has 0 saturated carbocycles. The summed E-state index contributed by atoms with van der Waals surface area (Å²) in [5, 5.41) is 0.402. The average Bonchev–Trinajstić information content (AvgIpc) is 2.65. The van der Waals surface area contributed by atoms with Crippen molar-refractivity contribution >= 4 is 17.4 Å². The summed E-state index contributed by atoms with van der Waals surface area (Å²) in [6.07, 6.45) is 6.86. The summed E-state index contributed by atoms with van der Waals surface area (Å²) in [5.74, 6) is 1.61. The van der Waals surface area contributed by atoms with E-state index in [9.17, 15) is 0 Å². The van der Waals surface area contributed by atoms with Crippen LogP contribution in [0.15, 0.2) is 24.8 Å². The first-order valence-corrected chi connectivity index (χ1v) is 5.20. The molecule has 0 radical (unpaired) electrons. The van der Waals surface area contributed by atoms with Crippen LogP contribution >= 0.6 is 11.6 Å². The van der Waals surface area contributed by atoms with Crippen LogP contribution in [0.1, 0.15) is 5.82 Å².